The maximum absolute atomic E-state index is 5.78. The first kappa shape index (κ1) is 14.9. The van der Waals surface area contributed by atoms with Gasteiger partial charge in [0, 0.05) is 12.1 Å². The van der Waals surface area contributed by atoms with Gasteiger partial charge in [-0.2, -0.15) is 0 Å². The monoisotopic (exact) mass is 339 g/mol. The molecule has 0 amide bonds. The first-order chi connectivity index (χ1) is 9.74. The van der Waals surface area contributed by atoms with Crippen LogP contribution in [0.4, 0.5) is 0 Å². The van der Waals surface area contributed by atoms with Gasteiger partial charge in [0.25, 0.3) is 0 Å². The van der Waals surface area contributed by atoms with Crippen LogP contribution in [-0.2, 0) is 13.2 Å². The van der Waals surface area contributed by atoms with Crippen molar-refractivity contribution in [2.75, 3.05) is 13.7 Å². The summed E-state index contributed by atoms with van der Waals surface area (Å²) in [7, 11) is 1.64. The minimum absolute atomic E-state index is 0.401. The van der Waals surface area contributed by atoms with Gasteiger partial charge >= 0.3 is 0 Å². The second kappa shape index (κ2) is 7.36. The summed E-state index contributed by atoms with van der Waals surface area (Å²) < 4.78 is 17.2. The fourth-order valence-electron chi connectivity index (χ4n) is 1.78. The molecule has 0 saturated carbocycles. The molecule has 1 aromatic carbocycles. The number of rotatable bonds is 7. The Morgan fingerprint density at radius 3 is 2.85 bits per heavy atom. The Hall–Kier alpha value is -1.46. The van der Waals surface area contributed by atoms with E-state index in [0.717, 1.165) is 40.4 Å². The number of methoxy groups -OCH3 is 1. The van der Waals surface area contributed by atoms with E-state index in [1.807, 2.05) is 24.3 Å². The van der Waals surface area contributed by atoms with E-state index in [0.29, 0.717) is 6.61 Å². The zero-order valence-corrected chi connectivity index (χ0v) is 13.2. The summed E-state index contributed by atoms with van der Waals surface area (Å²) in [5.41, 5.74) is 1.12. The van der Waals surface area contributed by atoms with E-state index in [1.54, 1.807) is 13.4 Å². The quantitative estimate of drug-likeness (QED) is 0.834. The van der Waals surface area contributed by atoms with Crippen molar-refractivity contribution in [1.29, 1.82) is 0 Å². The summed E-state index contributed by atoms with van der Waals surface area (Å²) in [5.74, 6) is 2.39. The van der Waals surface area contributed by atoms with Gasteiger partial charge in [0.2, 0.25) is 0 Å². The Kier molecular flexibility index (Phi) is 5.49. The summed E-state index contributed by atoms with van der Waals surface area (Å²) >= 11 is 3.46. The van der Waals surface area contributed by atoms with Crippen molar-refractivity contribution in [2.24, 2.45) is 0 Å². The number of nitrogens with one attached hydrogen (secondary N) is 1. The minimum atomic E-state index is 0.401. The van der Waals surface area contributed by atoms with E-state index in [9.17, 15) is 0 Å². The average molecular weight is 340 g/mol. The molecule has 0 radical (unpaired) electrons. The molecule has 0 aliphatic rings. The summed E-state index contributed by atoms with van der Waals surface area (Å²) in [4.78, 5) is 0. The SMILES string of the molecule is CCNCc1ccoc1COc1ccc(OC)cc1Br. The molecule has 2 rings (SSSR count). The van der Waals surface area contributed by atoms with Gasteiger partial charge in [-0.15, -0.1) is 0 Å². The van der Waals surface area contributed by atoms with Crippen LogP contribution in [0, 0.1) is 0 Å². The molecule has 4 nitrogen and oxygen atoms in total. The Morgan fingerprint density at radius 2 is 2.15 bits per heavy atom. The Labute approximate surface area is 127 Å². The zero-order valence-electron chi connectivity index (χ0n) is 11.6. The first-order valence-corrected chi connectivity index (χ1v) is 7.26. The molecular weight excluding hydrogens is 322 g/mol. The standard InChI is InChI=1S/C15H18BrNO3/c1-3-17-9-11-6-7-19-15(11)10-20-14-5-4-12(18-2)8-13(14)16/h4-8,17H,3,9-10H2,1-2H3. The lowest BCUT2D eigenvalue weighted by molar-refractivity contribution is 0.266. The van der Waals surface area contributed by atoms with Crippen molar-refractivity contribution < 1.29 is 13.9 Å². The van der Waals surface area contributed by atoms with Crippen LogP contribution < -0.4 is 14.8 Å². The fraction of sp³-hybridized carbons (Fsp3) is 0.333. The average Bonchev–Trinajstić information content (AvgIpc) is 2.91. The fourth-order valence-corrected chi connectivity index (χ4v) is 2.25. The van der Waals surface area contributed by atoms with E-state index < -0.39 is 0 Å². The number of hydrogen-bond donors (Lipinski definition) is 1. The lowest BCUT2D eigenvalue weighted by atomic mass is 10.2. The molecule has 0 atom stereocenters. The zero-order chi connectivity index (χ0) is 14.4. The molecule has 0 aliphatic heterocycles. The van der Waals surface area contributed by atoms with Crippen LogP contribution in [0.3, 0.4) is 0 Å². The Morgan fingerprint density at radius 1 is 1.30 bits per heavy atom. The van der Waals surface area contributed by atoms with Crippen molar-refractivity contribution in [3.8, 4) is 11.5 Å². The maximum atomic E-state index is 5.78. The molecular formula is C15H18BrNO3. The third-order valence-electron chi connectivity index (χ3n) is 2.90. The molecule has 0 fully saturated rings. The van der Waals surface area contributed by atoms with E-state index in [1.165, 1.54) is 0 Å². The Balaban J connectivity index is 2.00. The molecule has 0 aliphatic carbocycles. The minimum Gasteiger partial charge on any atom is -0.497 e. The van der Waals surface area contributed by atoms with E-state index in [4.69, 9.17) is 13.9 Å². The summed E-state index contributed by atoms with van der Waals surface area (Å²) in [5, 5.41) is 3.27. The van der Waals surface area contributed by atoms with Crippen LogP contribution in [0.2, 0.25) is 0 Å². The van der Waals surface area contributed by atoms with Gasteiger partial charge in [-0.3, -0.25) is 0 Å². The lowest BCUT2D eigenvalue weighted by Gasteiger charge is -2.09. The lowest BCUT2D eigenvalue weighted by Crippen LogP contribution is -2.12. The molecule has 20 heavy (non-hydrogen) atoms. The molecule has 1 heterocycles. The second-order valence-corrected chi connectivity index (χ2v) is 5.09. The molecule has 1 N–H and O–H groups in total. The summed E-state index contributed by atoms with van der Waals surface area (Å²) in [6.45, 7) is 4.19. The first-order valence-electron chi connectivity index (χ1n) is 6.47. The predicted molar refractivity (Wildman–Crippen MR) is 81.1 cm³/mol. The van der Waals surface area contributed by atoms with Gasteiger partial charge in [0.1, 0.15) is 23.9 Å². The van der Waals surface area contributed by atoms with Crippen LogP contribution in [0.1, 0.15) is 18.2 Å². The summed E-state index contributed by atoms with van der Waals surface area (Å²) in [6, 6.07) is 7.57. The largest absolute Gasteiger partial charge is 0.497 e. The molecule has 0 spiro atoms. The molecule has 1 aromatic heterocycles. The number of ether oxygens (including phenoxy) is 2. The highest BCUT2D eigenvalue weighted by Crippen LogP contribution is 2.30. The third-order valence-corrected chi connectivity index (χ3v) is 3.52. The van der Waals surface area contributed by atoms with Gasteiger partial charge < -0.3 is 19.2 Å². The summed E-state index contributed by atoms with van der Waals surface area (Å²) in [6.07, 6.45) is 1.69. The van der Waals surface area contributed by atoms with Crippen LogP contribution in [0.5, 0.6) is 11.5 Å². The highest BCUT2D eigenvalue weighted by Gasteiger charge is 2.09. The van der Waals surface area contributed by atoms with Gasteiger partial charge in [-0.05, 0) is 46.7 Å². The molecule has 0 unspecified atom stereocenters. The van der Waals surface area contributed by atoms with E-state index in [-0.39, 0.29) is 0 Å². The maximum Gasteiger partial charge on any atom is 0.146 e. The van der Waals surface area contributed by atoms with Crippen LogP contribution in [0.25, 0.3) is 0 Å². The van der Waals surface area contributed by atoms with Gasteiger partial charge in [0.15, 0.2) is 0 Å². The van der Waals surface area contributed by atoms with Crippen LogP contribution >= 0.6 is 15.9 Å². The number of halogens is 1. The van der Waals surface area contributed by atoms with Crippen molar-refractivity contribution in [1.82, 2.24) is 5.32 Å². The van der Waals surface area contributed by atoms with Crippen molar-refractivity contribution in [2.45, 2.75) is 20.1 Å². The molecule has 5 heteroatoms. The normalized spacial score (nSPS) is 10.6. The molecule has 108 valence electrons. The van der Waals surface area contributed by atoms with Gasteiger partial charge in [-0.1, -0.05) is 6.92 Å². The van der Waals surface area contributed by atoms with E-state index in [2.05, 4.69) is 28.2 Å². The highest BCUT2D eigenvalue weighted by atomic mass is 79.9. The number of benzene rings is 1. The highest BCUT2D eigenvalue weighted by molar-refractivity contribution is 9.10. The van der Waals surface area contributed by atoms with Crippen molar-refractivity contribution in [3.05, 3.63) is 46.3 Å². The third kappa shape index (κ3) is 3.77. The van der Waals surface area contributed by atoms with Gasteiger partial charge in [-0.25, -0.2) is 0 Å². The predicted octanol–water partition coefficient (Wildman–Crippen LogP) is 3.74. The van der Waals surface area contributed by atoms with E-state index >= 15 is 0 Å². The number of furan rings is 1. The van der Waals surface area contributed by atoms with Crippen LogP contribution in [0.15, 0.2) is 39.4 Å². The second-order valence-electron chi connectivity index (χ2n) is 4.23. The molecule has 0 saturated heterocycles. The molecule has 2 aromatic rings. The van der Waals surface area contributed by atoms with Crippen LogP contribution in [-0.4, -0.2) is 13.7 Å². The topological polar surface area (TPSA) is 43.6 Å². The van der Waals surface area contributed by atoms with Crippen molar-refractivity contribution in [3.63, 3.8) is 0 Å². The molecule has 0 bridgehead atoms. The Bertz CT molecular complexity index is 554. The van der Waals surface area contributed by atoms with Gasteiger partial charge in [0.05, 0.1) is 17.8 Å². The smallest absolute Gasteiger partial charge is 0.146 e. The van der Waals surface area contributed by atoms with Crippen molar-refractivity contribution >= 4 is 15.9 Å². The number of hydrogen-bond acceptors (Lipinski definition) is 4.